The first-order valence-electron chi connectivity index (χ1n) is 4.03. The fourth-order valence-electron chi connectivity index (χ4n) is 1.03. The zero-order chi connectivity index (χ0) is 9.14. The van der Waals surface area contributed by atoms with E-state index in [4.69, 9.17) is 12.2 Å². The normalized spacial score (nSPS) is 20.0. The molecule has 66 valence electrons. The molecule has 0 aliphatic carbocycles. The fourth-order valence-corrected chi connectivity index (χ4v) is 1.19. The number of carbonyl (C=O) groups excluding carboxylic acids is 1. The molecule has 1 unspecified atom stereocenters. The summed E-state index contributed by atoms with van der Waals surface area (Å²) in [6.45, 7) is 4.49. The van der Waals surface area contributed by atoms with Crippen LogP contribution in [0.25, 0.3) is 0 Å². The number of thiocarbonyl (C=S) groups is 1. The van der Waals surface area contributed by atoms with Crippen LogP contribution in [-0.4, -0.2) is 23.2 Å². The van der Waals surface area contributed by atoms with E-state index in [1.54, 1.807) is 0 Å². The van der Waals surface area contributed by atoms with Crippen molar-refractivity contribution in [1.29, 1.82) is 0 Å². The predicted molar refractivity (Wildman–Crippen MR) is 52.5 cm³/mol. The van der Waals surface area contributed by atoms with Crippen molar-refractivity contribution in [2.75, 3.05) is 6.54 Å². The second-order valence-corrected chi connectivity index (χ2v) is 3.38. The van der Waals surface area contributed by atoms with Gasteiger partial charge >= 0.3 is 0 Å². The third-order valence-corrected chi connectivity index (χ3v) is 2.19. The Kier molecular flexibility index (Phi) is 2.92. The average Bonchev–Trinajstić information content (AvgIpc) is 2.03. The summed E-state index contributed by atoms with van der Waals surface area (Å²) in [5.41, 5.74) is 0.631. The third kappa shape index (κ3) is 1.88. The Hall–Kier alpha value is -0.770. The van der Waals surface area contributed by atoms with Crippen LogP contribution in [0.2, 0.25) is 0 Å². The smallest absolute Gasteiger partial charge is 0.270 e. The number of carbonyl (C=O) groups is 1. The first kappa shape index (κ1) is 9.32. The van der Waals surface area contributed by atoms with Crippen LogP contribution in [0.4, 0.5) is 0 Å². The molecule has 12 heavy (non-hydrogen) atoms. The van der Waals surface area contributed by atoms with Gasteiger partial charge in [-0.3, -0.25) is 9.79 Å². The van der Waals surface area contributed by atoms with Crippen molar-refractivity contribution in [3.8, 4) is 0 Å². The van der Waals surface area contributed by atoms with Crippen LogP contribution in [0.1, 0.15) is 20.3 Å². The Balaban J connectivity index is 2.77. The van der Waals surface area contributed by atoms with Crippen LogP contribution in [0, 0.1) is 5.92 Å². The molecular weight excluding hydrogens is 172 g/mol. The zero-order valence-electron chi connectivity index (χ0n) is 7.26. The maximum atomic E-state index is 11.3. The Labute approximate surface area is 77.3 Å². The van der Waals surface area contributed by atoms with E-state index < -0.39 is 0 Å². The van der Waals surface area contributed by atoms with Gasteiger partial charge in [0, 0.05) is 5.92 Å². The van der Waals surface area contributed by atoms with Crippen LogP contribution >= 0.6 is 12.2 Å². The highest BCUT2D eigenvalue weighted by Crippen LogP contribution is 2.06. The van der Waals surface area contributed by atoms with Crippen molar-refractivity contribution in [3.05, 3.63) is 0 Å². The van der Waals surface area contributed by atoms with Gasteiger partial charge < -0.3 is 5.32 Å². The van der Waals surface area contributed by atoms with Gasteiger partial charge in [-0.25, -0.2) is 0 Å². The minimum Gasteiger partial charge on any atom is -0.314 e. The van der Waals surface area contributed by atoms with E-state index in [-0.39, 0.29) is 11.8 Å². The topological polar surface area (TPSA) is 41.5 Å². The summed E-state index contributed by atoms with van der Waals surface area (Å²) in [5, 5.41) is 2.61. The van der Waals surface area contributed by atoms with Crippen molar-refractivity contribution in [2.45, 2.75) is 20.3 Å². The zero-order valence-corrected chi connectivity index (χ0v) is 8.07. The minimum absolute atomic E-state index is 0.124. The van der Waals surface area contributed by atoms with Gasteiger partial charge in [0.1, 0.15) is 10.7 Å². The van der Waals surface area contributed by atoms with Crippen LogP contribution in [-0.2, 0) is 4.79 Å². The molecule has 4 heteroatoms. The Morgan fingerprint density at radius 1 is 1.75 bits per heavy atom. The number of nitrogens with zero attached hydrogens (tertiary/aromatic N) is 1. The lowest BCUT2D eigenvalue weighted by Crippen LogP contribution is -2.43. The molecule has 0 saturated heterocycles. The number of amides is 1. The second-order valence-electron chi connectivity index (χ2n) is 2.89. The summed E-state index contributed by atoms with van der Waals surface area (Å²) < 4.78 is 0. The van der Waals surface area contributed by atoms with Crippen molar-refractivity contribution in [2.24, 2.45) is 10.9 Å². The maximum Gasteiger partial charge on any atom is 0.270 e. The molecular formula is C8H12N2OS. The van der Waals surface area contributed by atoms with E-state index in [2.05, 4.69) is 10.3 Å². The molecule has 1 heterocycles. The summed E-state index contributed by atoms with van der Waals surface area (Å²) in [6, 6.07) is 0. The quantitative estimate of drug-likeness (QED) is 0.649. The Morgan fingerprint density at radius 3 is 2.92 bits per heavy atom. The monoisotopic (exact) mass is 184 g/mol. The predicted octanol–water partition coefficient (Wildman–Crippen LogP) is 0.931. The molecule has 0 aromatic carbocycles. The third-order valence-electron chi connectivity index (χ3n) is 1.96. The lowest BCUT2D eigenvalue weighted by molar-refractivity contribution is -0.113. The molecule has 0 bridgehead atoms. The number of nitrogens with one attached hydrogen (secondary N) is 1. The van der Waals surface area contributed by atoms with Crippen molar-refractivity contribution in [1.82, 2.24) is 5.32 Å². The average molecular weight is 184 g/mol. The lowest BCUT2D eigenvalue weighted by Gasteiger charge is -2.17. The second kappa shape index (κ2) is 3.76. The number of hydrogen-bond acceptors (Lipinski definition) is 3. The SMILES string of the molecule is CCC(C)C1=NCC(=S)NC1=O. The summed E-state index contributed by atoms with van der Waals surface area (Å²) in [6.07, 6.45) is 0.930. The summed E-state index contributed by atoms with van der Waals surface area (Å²) in [5.74, 6) is 0.105. The van der Waals surface area contributed by atoms with E-state index in [1.807, 2.05) is 13.8 Å². The van der Waals surface area contributed by atoms with Gasteiger partial charge in [-0.2, -0.15) is 0 Å². The maximum absolute atomic E-state index is 11.3. The fraction of sp³-hybridized carbons (Fsp3) is 0.625. The molecule has 0 aromatic heterocycles. The van der Waals surface area contributed by atoms with Crippen molar-refractivity contribution < 1.29 is 4.79 Å². The Bertz CT molecular complexity index is 247. The van der Waals surface area contributed by atoms with Gasteiger partial charge in [-0.1, -0.05) is 26.1 Å². The van der Waals surface area contributed by atoms with E-state index in [1.165, 1.54) is 0 Å². The van der Waals surface area contributed by atoms with Crippen molar-refractivity contribution >= 4 is 28.8 Å². The molecule has 0 spiro atoms. The van der Waals surface area contributed by atoms with Crippen molar-refractivity contribution in [3.63, 3.8) is 0 Å². The van der Waals surface area contributed by atoms with Crippen LogP contribution < -0.4 is 5.32 Å². The largest absolute Gasteiger partial charge is 0.314 e. The van der Waals surface area contributed by atoms with E-state index >= 15 is 0 Å². The molecule has 0 fully saturated rings. The summed E-state index contributed by atoms with van der Waals surface area (Å²) >= 11 is 4.82. The molecule has 0 aromatic rings. The number of hydrogen-bond donors (Lipinski definition) is 1. The molecule has 0 saturated carbocycles. The molecule has 3 nitrogen and oxygen atoms in total. The van der Waals surface area contributed by atoms with Gasteiger partial charge in [-0.05, 0) is 6.42 Å². The van der Waals surface area contributed by atoms with Gasteiger partial charge in [-0.15, -0.1) is 0 Å². The van der Waals surface area contributed by atoms with Gasteiger partial charge in [0.2, 0.25) is 0 Å². The Morgan fingerprint density at radius 2 is 2.42 bits per heavy atom. The minimum atomic E-state index is -0.124. The van der Waals surface area contributed by atoms with Gasteiger partial charge in [0.25, 0.3) is 5.91 Å². The van der Waals surface area contributed by atoms with E-state index in [9.17, 15) is 4.79 Å². The van der Waals surface area contributed by atoms with Crippen LogP contribution in [0.15, 0.2) is 4.99 Å². The molecule has 1 aliphatic heterocycles. The lowest BCUT2D eigenvalue weighted by atomic mass is 10.0. The van der Waals surface area contributed by atoms with Gasteiger partial charge in [0.15, 0.2) is 0 Å². The molecule has 0 radical (unpaired) electrons. The van der Waals surface area contributed by atoms with Gasteiger partial charge in [0.05, 0.1) is 6.54 Å². The highest BCUT2D eigenvalue weighted by Gasteiger charge is 2.21. The molecule has 1 atom stereocenters. The first-order chi connectivity index (χ1) is 5.65. The standard InChI is InChI=1S/C8H12N2OS/c1-3-5(2)7-8(11)10-6(12)4-9-7/h5H,3-4H2,1-2H3,(H,10,11,12). The molecule has 1 rings (SSSR count). The molecule has 1 N–H and O–H groups in total. The molecule has 1 aliphatic rings. The van der Waals surface area contributed by atoms with E-state index in [0.717, 1.165) is 6.42 Å². The highest BCUT2D eigenvalue weighted by molar-refractivity contribution is 7.80. The van der Waals surface area contributed by atoms with E-state index in [0.29, 0.717) is 17.2 Å². The summed E-state index contributed by atoms with van der Waals surface area (Å²) in [4.78, 5) is 15.9. The number of aliphatic imine (C=N–C) groups is 1. The molecule has 1 amide bonds. The number of rotatable bonds is 2. The van der Waals surface area contributed by atoms with Crippen LogP contribution in [0.3, 0.4) is 0 Å². The first-order valence-corrected chi connectivity index (χ1v) is 4.44. The van der Waals surface area contributed by atoms with Crippen LogP contribution in [0.5, 0.6) is 0 Å². The summed E-state index contributed by atoms with van der Waals surface area (Å²) in [7, 11) is 0. The highest BCUT2D eigenvalue weighted by atomic mass is 32.1.